The van der Waals surface area contributed by atoms with Gasteiger partial charge in [-0.05, 0) is 31.7 Å². The van der Waals surface area contributed by atoms with Gasteiger partial charge < -0.3 is 5.32 Å². The van der Waals surface area contributed by atoms with Crippen molar-refractivity contribution in [1.82, 2.24) is 19.4 Å². The second kappa shape index (κ2) is 7.79. The Morgan fingerprint density at radius 2 is 2.00 bits per heavy atom. The van der Waals surface area contributed by atoms with Gasteiger partial charge in [-0.1, -0.05) is 0 Å². The highest BCUT2D eigenvalue weighted by Crippen LogP contribution is 2.33. The molecule has 0 radical (unpaired) electrons. The minimum atomic E-state index is -4.26. The molecule has 0 bridgehead atoms. The lowest BCUT2D eigenvalue weighted by Crippen LogP contribution is -2.45. The van der Waals surface area contributed by atoms with E-state index in [1.165, 1.54) is 15.7 Å². The van der Waals surface area contributed by atoms with Crippen molar-refractivity contribution >= 4 is 5.91 Å². The Balaban J connectivity index is 1.60. The van der Waals surface area contributed by atoms with Crippen LogP contribution in [0.2, 0.25) is 0 Å². The van der Waals surface area contributed by atoms with Crippen molar-refractivity contribution < 1.29 is 18.0 Å². The highest BCUT2D eigenvalue weighted by molar-refractivity contribution is 5.75. The van der Waals surface area contributed by atoms with Gasteiger partial charge in [-0.15, -0.1) is 0 Å². The molecule has 1 saturated heterocycles. The number of nitrogens with one attached hydrogen (secondary N) is 1. The smallest absolute Gasteiger partial charge is 0.354 e. The van der Waals surface area contributed by atoms with Crippen molar-refractivity contribution in [3.8, 4) is 6.07 Å². The molecule has 152 valence electrons. The molecule has 11 heteroatoms. The summed E-state index contributed by atoms with van der Waals surface area (Å²) in [7, 11) is 0. The summed E-state index contributed by atoms with van der Waals surface area (Å²) >= 11 is 0. The number of carbonyl (C=O) groups excluding carboxylic acids is 1. The lowest BCUT2D eigenvalue weighted by molar-refractivity contribution is -0.143. The molecule has 1 aliphatic carbocycles. The fraction of sp³-hybridized carbons (Fsp3) is 0.647. The third-order valence-corrected chi connectivity index (χ3v) is 4.92. The second-order valence-corrected chi connectivity index (χ2v) is 7.28. The normalized spacial score (nSPS) is 20.1. The molecule has 1 unspecified atom stereocenters. The van der Waals surface area contributed by atoms with Crippen LogP contribution in [-0.4, -0.2) is 52.3 Å². The number of nitriles is 1. The van der Waals surface area contributed by atoms with Gasteiger partial charge in [0.25, 0.3) is 5.56 Å². The highest BCUT2D eigenvalue weighted by atomic mass is 19.4. The molecule has 8 nitrogen and oxygen atoms in total. The predicted molar refractivity (Wildman–Crippen MR) is 91.6 cm³/mol. The average Bonchev–Trinajstić information content (AvgIpc) is 3.36. The summed E-state index contributed by atoms with van der Waals surface area (Å²) in [4.78, 5) is 38.1. The number of likely N-dealkylation sites (tertiary alicyclic amines) is 1. The molecular weight excluding hydrogens is 379 g/mol. The third kappa shape index (κ3) is 4.81. The quantitative estimate of drug-likeness (QED) is 0.738. The van der Waals surface area contributed by atoms with E-state index < -0.39 is 36.4 Å². The van der Waals surface area contributed by atoms with Crippen LogP contribution in [0.1, 0.15) is 30.9 Å². The number of hydrogen-bond acceptors (Lipinski definition) is 5. The molecule has 1 amide bonds. The van der Waals surface area contributed by atoms with Gasteiger partial charge in [0.05, 0.1) is 6.54 Å². The van der Waals surface area contributed by atoms with Crippen molar-refractivity contribution in [2.45, 2.75) is 38.0 Å². The van der Waals surface area contributed by atoms with Crippen LogP contribution in [0.25, 0.3) is 0 Å². The van der Waals surface area contributed by atoms with Crippen LogP contribution >= 0.6 is 0 Å². The number of aromatic nitrogens is 2. The predicted octanol–water partition coefficient (Wildman–Crippen LogP) is 0.217. The Bertz CT molecular complexity index is 911. The number of nitrogens with zero attached hydrogens (tertiary/aromatic N) is 4. The zero-order chi connectivity index (χ0) is 20.5. The third-order valence-electron chi connectivity index (χ3n) is 4.92. The number of alkyl halides is 3. The molecule has 3 rings (SSSR count). The molecule has 1 aromatic heterocycles. The van der Waals surface area contributed by atoms with E-state index in [1.54, 1.807) is 6.07 Å². The molecular formula is C17H20F3N5O3. The van der Waals surface area contributed by atoms with Gasteiger partial charge in [-0.2, -0.15) is 18.4 Å². The molecule has 0 spiro atoms. The van der Waals surface area contributed by atoms with E-state index in [-0.39, 0.29) is 30.6 Å². The molecule has 1 aromatic rings. The van der Waals surface area contributed by atoms with Crippen LogP contribution < -0.4 is 16.6 Å². The first kappa shape index (κ1) is 20.1. The van der Waals surface area contributed by atoms with Gasteiger partial charge in [0.2, 0.25) is 5.91 Å². The van der Waals surface area contributed by atoms with Crippen molar-refractivity contribution in [3.63, 3.8) is 0 Å². The van der Waals surface area contributed by atoms with Crippen molar-refractivity contribution in [1.29, 1.82) is 5.26 Å². The summed E-state index contributed by atoms with van der Waals surface area (Å²) in [6.07, 6.45) is -0.970. The van der Waals surface area contributed by atoms with E-state index in [0.717, 1.165) is 17.4 Å². The fourth-order valence-electron chi connectivity index (χ4n) is 3.39. The Morgan fingerprint density at radius 1 is 1.29 bits per heavy atom. The van der Waals surface area contributed by atoms with E-state index in [0.29, 0.717) is 13.0 Å². The maximum atomic E-state index is 12.4. The van der Waals surface area contributed by atoms with Gasteiger partial charge in [0.1, 0.15) is 18.2 Å². The maximum absolute atomic E-state index is 12.4. The Kier molecular flexibility index (Phi) is 5.60. The van der Waals surface area contributed by atoms with Crippen molar-refractivity contribution in [2.24, 2.45) is 5.92 Å². The van der Waals surface area contributed by atoms with Gasteiger partial charge >= 0.3 is 11.9 Å². The monoisotopic (exact) mass is 399 g/mol. The lowest BCUT2D eigenvalue weighted by atomic mass is 10.1. The first-order chi connectivity index (χ1) is 13.2. The van der Waals surface area contributed by atoms with Crippen molar-refractivity contribution in [3.05, 3.63) is 32.6 Å². The van der Waals surface area contributed by atoms with Crippen LogP contribution in [0.5, 0.6) is 0 Å². The topological polar surface area (TPSA) is 100 Å². The molecule has 2 aliphatic rings. The summed E-state index contributed by atoms with van der Waals surface area (Å²) < 4.78 is 39.3. The van der Waals surface area contributed by atoms with Crippen LogP contribution in [0, 0.1) is 17.2 Å². The van der Waals surface area contributed by atoms with E-state index in [2.05, 4.69) is 5.32 Å². The number of amides is 1. The largest absolute Gasteiger partial charge is 0.401 e. The van der Waals surface area contributed by atoms with Crippen LogP contribution in [0.3, 0.4) is 0 Å². The van der Waals surface area contributed by atoms with Gasteiger partial charge in [0.15, 0.2) is 0 Å². The zero-order valence-electron chi connectivity index (χ0n) is 15.0. The van der Waals surface area contributed by atoms with Crippen LogP contribution in [0.4, 0.5) is 13.2 Å². The first-order valence-electron chi connectivity index (χ1n) is 9.00. The summed E-state index contributed by atoms with van der Waals surface area (Å²) in [5.41, 5.74) is -1.67. The second-order valence-electron chi connectivity index (χ2n) is 7.28. The van der Waals surface area contributed by atoms with E-state index >= 15 is 0 Å². The number of carbonyl (C=O) groups is 1. The van der Waals surface area contributed by atoms with E-state index in [1.807, 2.05) is 0 Å². The standard InChI is InChI=1S/C17H20F3N5O3/c18-17(19,20)10-23-4-3-11(7-23)6-22-14(26)9-25-15(27)12(5-21)8-24(16(25)28)13-1-2-13/h8,11,13H,1-4,6-7,9-10H2,(H,22,26). The molecule has 28 heavy (non-hydrogen) atoms. The van der Waals surface area contributed by atoms with Crippen LogP contribution in [0.15, 0.2) is 15.8 Å². The number of rotatable bonds is 6. The van der Waals surface area contributed by atoms with Gasteiger partial charge in [-0.25, -0.2) is 9.36 Å². The number of hydrogen-bond donors (Lipinski definition) is 1. The zero-order valence-corrected chi connectivity index (χ0v) is 15.0. The maximum Gasteiger partial charge on any atom is 0.401 e. The Labute approximate surface area is 158 Å². The minimum absolute atomic E-state index is 0.0624. The summed E-state index contributed by atoms with van der Waals surface area (Å²) in [6.45, 7) is -0.821. The van der Waals surface area contributed by atoms with Crippen LogP contribution in [-0.2, 0) is 11.3 Å². The first-order valence-corrected chi connectivity index (χ1v) is 9.00. The molecule has 1 aliphatic heterocycles. The molecule has 1 atom stereocenters. The Hall–Kier alpha value is -2.61. The molecule has 0 aromatic carbocycles. The Morgan fingerprint density at radius 3 is 2.61 bits per heavy atom. The van der Waals surface area contributed by atoms with E-state index in [9.17, 15) is 27.6 Å². The SMILES string of the molecule is N#Cc1cn(C2CC2)c(=O)n(CC(=O)NCC2CCN(CC(F)(F)F)C2)c1=O. The van der Waals surface area contributed by atoms with Gasteiger partial charge in [0, 0.05) is 25.3 Å². The summed E-state index contributed by atoms with van der Waals surface area (Å²) in [5.74, 6) is -0.720. The fourth-order valence-corrected chi connectivity index (χ4v) is 3.39. The number of halogens is 3. The minimum Gasteiger partial charge on any atom is -0.354 e. The molecule has 2 fully saturated rings. The average molecular weight is 399 g/mol. The van der Waals surface area contributed by atoms with Gasteiger partial charge in [-0.3, -0.25) is 19.1 Å². The lowest BCUT2D eigenvalue weighted by Gasteiger charge is -2.18. The molecule has 1 saturated carbocycles. The highest BCUT2D eigenvalue weighted by Gasteiger charge is 2.34. The summed E-state index contributed by atoms with van der Waals surface area (Å²) in [6, 6.07) is 1.67. The molecule has 1 N–H and O–H groups in total. The van der Waals surface area contributed by atoms with Crippen molar-refractivity contribution in [2.75, 3.05) is 26.2 Å². The van der Waals surface area contributed by atoms with E-state index in [4.69, 9.17) is 5.26 Å². The molecule has 2 heterocycles. The summed E-state index contributed by atoms with van der Waals surface area (Å²) in [5, 5.41) is 11.7.